The summed E-state index contributed by atoms with van der Waals surface area (Å²) in [5, 5.41) is 10.1. The summed E-state index contributed by atoms with van der Waals surface area (Å²) in [6, 6.07) is 7.09. The van der Waals surface area contributed by atoms with Gasteiger partial charge < -0.3 is 14.7 Å². The number of hydrogen-bond donors (Lipinski definition) is 1. The molecule has 24 heavy (non-hydrogen) atoms. The maximum absolute atomic E-state index is 12.6. The monoisotopic (exact) mass is 332 g/mol. The number of hydrogen-bond acceptors (Lipinski definition) is 4. The van der Waals surface area contributed by atoms with E-state index in [9.17, 15) is 14.7 Å². The predicted molar refractivity (Wildman–Crippen MR) is 88.0 cm³/mol. The zero-order valence-electron chi connectivity index (χ0n) is 14.0. The van der Waals surface area contributed by atoms with Crippen molar-refractivity contribution < 1.29 is 19.4 Å². The molecule has 2 atom stereocenters. The van der Waals surface area contributed by atoms with Gasteiger partial charge in [-0.1, -0.05) is 29.8 Å². The first-order chi connectivity index (χ1) is 11.6. The maximum Gasteiger partial charge on any atom is 0.412 e. The van der Waals surface area contributed by atoms with Crippen molar-refractivity contribution in [3.63, 3.8) is 0 Å². The molecule has 2 amide bonds. The van der Waals surface area contributed by atoms with E-state index in [0.717, 1.165) is 37.1 Å². The van der Waals surface area contributed by atoms with Crippen LogP contribution in [0.15, 0.2) is 24.3 Å². The minimum Gasteiger partial charge on any atom is -0.444 e. The van der Waals surface area contributed by atoms with Crippen LogP contribution in [0.4, 0.5) is 4.79 Å². The molecule has 0 radical (unpaired) electrons. The Morgan fingerprint density at radius 2 is 1.83 bits per heavy atom. The Morgan fingerprint density at radius 3 is 2.50 bits per heavy atom. The van der Waals surface area contributed by atoms with Crippen LogP contribution in [-0.4, -0.2) is 52.3 Å². The quantitative estimate of drug-likeness (QED) is 0.919. The van der Waals surface area contributed by atoms with Crippen LogP contribution in [0.2, 0.25) is 0 Å². The molecule has 1 aromatic rings. The molecule has 2 unspecified atom stereocenters. The number of likely N-dealkylation sites (tertiary alicyclic amines) is 2. The number of aliphatic hydroxyl groups excluding tert-OH is 1. The van der Waals surface area contributed by atoms with Gasteiger partial charge in [-0.25, -0.2) is 4.79 Å². The van der Waals surface area contributed by atoms with E-state index in [4.69, 9.17) is 4.74 Å². The second-order valence-electron chi connectivity index (χ2n) is 6.55. The molecule has 0 bridgehead atoms. The van der Waals surface area contributed by atoms with Gasteiger partial charge in [-0.3, -0.25) is 9.69 Å². The van der Waals surface area contributed by atoms with Crippen molar-refractivity contribution in [1.82, 2.24) is 9.80 Å². The van der Waals surface area contributed by atoms with E-state index in [2.05, 4.69) is 0 Å². The summed E-state index contributed by atoms with van der Waals surface area (Å²) in [5.74, 6) is -0.0728. The van der Waals surface area contributed by atoms with Crippen LogP contribution in [0.3, 0.4) is 0 Å². The van der Waals surface area contributed by atoms with Gasteiger partial charge in [-0.2, -0.15) is 0 Å². The Hall–Kier alpha value is -2.08. The molecule has 2 saturated heterocycles. The fourth-order valence-corrected chi connectivity index (χ4v) is 3.34. The van der Waals surface area contributed by atoms with Gasteiger partial charge in [0.1, 0.15) is 18.9 Å². The second kappa shape index (κ2) is 7.21. The molecule has 1 aromatic carbocycles. The Balaban J connectivity index is 1.62. The lowest BCUT2D eigenvalue weighted by atomic mass is 10.2. The number of benzene rings is 1. The minimum absolute atomic E-state index is 0.0728. The SMILES string of the molecule is Cc1ccc(COC(=O)N2C(O)CCC2C(=O)N2CCCC2)cc1. The molecule has 130 valence electrons. The van der Waals surface area contributed by atoms with Crippen molar-refractivity contribution in [3.8, 4) is 0 Å². The first kappa shape index (κ1) is 16.8. The Kier molecular flexibility index (Phi) is 5.04. The van der Waals surface area contributed by atoms with Gasteiger partial charge >= 0.3 is 6.09 Å². The smallest absolute Gasteiger partial charge is 0.412 e. The van der Waals surface area contributed by atoms with Crippen LogP contribution in [0.5, 0.6) is 0 Å². The van der Waals surface area contributed by atoms with Crippen molar-refractivity contribution >= 4 is 12.0 Å². The van der Waals surface area contributed by atoms with Crippen LogP contribution in [0, 0.1) is 6.92 Å². The maximum atomic E-state index is 12.6. The van der Waals surface area contributed by atoms with Crippen LogP contribution in [-0.2, 0) is 16.1 Å². The molecule has 6 nitrogen and oxygen atoms in total. The van der Waals surface area contributed by atoms with E-state index in [1.165, 1.54) is 4.90 Å². The lowest BCUT2D eigenvalue weighted by Gasteiger charge is -2.29. The molecule has 0 spiro atoms. The number of carbonyl (C=O) groups excluding carboxylic acids is 2. The summed E-state index contributed by atoms with van der Waals surface area (Å²) in [6.07, 6.45) is 1.31. The fraction of sp³-hybridized carbons (Fsp3) is 0.556. The van der Waals surface area contributed by atoms with Crippen LogP contribution < -0.4 is 0 Å². The second-order valence-corrected chi connectivity index (χ2v) is 6.55. The van der Waals surface area contributed by atoms with E-state index in [0.29, 0.717) is 12.8 Å². The lowest BCUT2D eigenvalue weighted by molar-refractivity contribution is -0.136. The zero-order chi connectivity index (χ0) is 17.1. The third-order valence-corrected chi connectivity index (χ3v) is 4.75. The van der Waals surface area contributed by atoms with Crippen molar-refractivity contribution in [1.29, 1.82) is 0 Å². The molecule has 0 aromatic heterocycles. The van der Waals surface area contributed by atoms with E-state index in [-0.39, 0.29) is 12.5 Å². The van der Waals surface area contributed by atoms with E-state index in [1.54, 1.807) is 4.90 Å². The Bertz CT molecular complexity index is 596. The van der Waals surface area contributed by atoms with Crippen LogP contribution in [0.25, 0.3) is 0 Å². The van der Waals surface area contributed by atoms with Gasteiger partial charge in [0.15, 0.2) is 0 Å². The normalized spacial score (nSPS) is 23.6. The highest BCUT2D eigenvalue weighted by atomic mass is 16.6. The Morgan fingerprint density at radius 1 is 1.17 bits per heavy atom. The van der Waals surface area contributed by atoms with Gasteiger partial charge in [0.2, 0.25) is 5.91 Å². The first-order valence-electron chi connectivity index (χ1n) is 8.54. The summed E-state index contributed by atoms with van der Waals surface area (Å²) < 4.78 is 5.32. The average molecular weight is 332 g/mol. The van der Waals surface area contributed by atoms with Crippen molar-refractivity contribution in [2.45, 2.75) is 51.5 Å². The number of aliphatic hydroxyl groups is 1. The summed E-state index contributed by atoms with van der Waals surface area (Å²) in [7, 11) is 0. The number of aryl methyl sites for hydroxylation is 1. The molecule has 3 rings (SSSR count). The largest absolute Gasteiger partial charge is 0.444 e. The Labute approximate surface area is 142 Å². The van der Waals surface area contributed by atoms with Crippen LogP contribution in [0.1, 0.15) is 36.8 Å². The molecule has 1 N–H and O–H groups in total. The van der Waals surface area contributed by atoms with E-state index in [1.807, 2.05) is 31.2 Å². The third kappa shape index (κ3) is 3.53. The molecular formula is C18H24N2O4. The van der Waals surface area contributed by atoms with Gasteiger partial charge in [0.05, 0.1) is 0 Å². The number of amides is 2. The molecule has 2 aliphatic heterocycles. The highest BCUT2D eigenvalue weighted by Gasteiger charge is 2.43. The number of carbonyl (C=O) groups is 2. The molecule has 2 fully saturated rings. The van der Waals surface area contributed by atoms with Gasteiger partial charge in [-0.15, -0.1) is 0 Å². The predicted octanol–water partition coefficient (Wildman–Crippen LogP) is 2.04. The summed E-state index contributed by atoms with van der Waals surface area (Å²) in [5.41, 5.74) is 2.02. The third-order valence-electron chi connectivity index (χ3n) is 4.75. The number of rotatable bonds is 3. The fourth-order valence-electron chi connectivity index (χ4n) is 3.34. The van der Waals surface area contributed by atoms with Crippen molar-refractivity contribution in [2.75, 3.05) is 13.1 Å². The molecule has 0 saturated carbocycles. The molecule has 0 aliphatic carbocycles. The number of ether oxygens (including phenoxy) is 1. The zero-order valence-corrected chi connectivity index (χ0v) is 14.0. The topological polar surface area (TPSA) is 70.1 Å². The van der Waals surface area contributed by atoms with Crippen molar-refractivity contribution in [3.05, 3.63) is 35.4 Å². The number of nitrogens with zero attached hydrogens (tertiary/aromatic N) is 2. The molecular weight excluding hydrogens is 308 g/mol. The molecule has 2 heterocycles. The molecule has 2 aliphatic rings. The van der Waals surface area contributed by atoms with Crippen molar-refractivity contribution in [2.24, 2.45) is 0 Å². The van der Waals surface area contributed by atoms with E-state index >= 15 is 0 Å². The summed E-state index contributed by atoms with van der Waals surface area (Å²) in [6.45, 7) is 3.59. The summed E-state index contributed by atoms with van der Waals surface area (Å²) in [4.78, 5) is 28.0. The molecule has 6 heteroatoms. The van der Waals surface area contributed by atoms with Crippen LogP contribution >= 0.6 is 0 Å². The van der Waals surface area contributed by atoms with E-state index < -0.39 is 18.4 Å². The van der Waals surface area contributed by atoms with Gasteiger partial charge in [0, 0.05) is 13.1 Å². The summed E-state index contributed by atoms with van der Waals surface area (Å²) >= 11 is 0. The average Bonchev–Trinajstić information content (AvgIpc) is 3.23. The van der Waals surface area contributed by atoms with Gasteiger partial charge in [0.25, 0.3) is 0 Å². The van der Waals surface area contributed by atoms with Gasteiger partial charge in [-0.05, 0) is 38.2 Å². The highest BCUT2D eigenvalue weighted by molar-refractivity contribution is 5.86. The lowest BCUT2D eigenvalue weighted by Crippen LogP contribution is -2.49. The standard InChI is InChI=1S/C18H24N2O4/c1-13-4-6-14(7-5-13)12-24-18(23)20-15(8-9-16(20)21)17(22)19-10-2-3-11-19/h4-7,15-16,21H,2-3,8-12H2,1H3. The minimum atomic E-state index is -0.952. The first-order valence-corrected chi connectivity index (χ1v) is 8.54. The highest BCUT2D eigenvalue weighted by Crippen LogP contribution is 2.26.